The van der Waals surface area contributed by atoms with Gasteiger partial charge in [-0.15, -0.1) is 0 Å². The van der Waals surface area contributed by atoms with Gasteiger partial charge in [0.15, 0.2) is 5.96 Å². The molecule has 1 aliphatic heterocycles. The van der Waals surface area contributed by atoms with Crippen molar-refractivity contribution in [2.45, 2.75) is 52.1 Å². The highest BCUT2D eigenvalue weighted by Crippen LogP contribution is 2.34. The fourth-order valence-corrected chi connectivity index (χ4v) is 3.71. The second kappa shape index (κ2) is 12.4. The molecular formula is C22H38N4O3. The summed E-state index contributed by atoms with van der Waals surface area (Å²) in [6.07, 6.45) is 5.12. The van der Waals surface area contributed by atoms with E-state index in [0.717, 1.165) is 37.6 Å². The van der Waals surface area contributed by atoms with Gasteiger partial charge >= 0.3 is 0 Å². The first-order chi connectivity index (χ1) is 14.1. The third kappa shape index (κ3) is 6.99. The molecule has 0 spiro atoms. The van der Waals surface area contributed by atoms with Crippen molar-refractivity contribution in [3.8, 4) is 17.2 Å². The maximum Gasteiger partial charge on any atom is 0.191 e. The van der Waals surface area contributed by atoms with E-state index in [4.69, 9.17) is 19.2 Å². The van der Waals surface area contributed by atoms with E-state index in [0.29, 0.717) is 29.8 Å². The van der Waals surface area contributed by atoms with Gasteiger partial charge in [-0.1, -0.05) is 6.42 Å². The van der Waals surface area contributed by atoms with Gasteiger partial charge in [0.25, 0.3) is 0 Å². The molecule has 29 heavy (non-hydrogen) atoms. The predicted molar refractivity (Wildman–Crippen MR) is 118 cm³/mol. The largest absolute Gasteiger partial charge is 0.496 e. The van der Waals surface area contributed by atoms with Gasteiger partial charge in [-0.05, 0) is 39.7 Å². The second-order valence-corrected chi connectivity index (χ2v) is 7.37. The zero-order valence-electron chi connectivity index (χ0n) is 18.7. The average Bonchev–Trinajstić information content (AvgIpc) is 2.75. The summed E-state index contributed by atoms with van der Waals surface area (Å²) in [5.74, 6) is 2.92. The maximum absolute atomic E-state index is 5.52. The van der Waals surface area contributed by atoms with Crippen molar-refractivity contribution in [2.24, 2.45) is 4.99 Å². The average molecular weight is 407 g/mol. The molecule has 0 amide bonds. The number of rotatable bonds is 10. The molecule has 164 valence electrons. The molecule has 0 bridgehead atoms. The van der Waals surface area contributed by atoms with Gasteiger partial charge < -0.3 is 29.7 Å². The molecule has 0 radical (unpaired) electrons. The fourth-order valence-electron chi connectivity index (χ4n) is 3.71. The molecule has 1 aromatic carbocycles. The molecule has 2 rings (SSSR count). The number of piperidine rings is 1. The molecule has 1 fully saturated rings. The number of methoxy groups -OCH3 is 3. The van der Waals surface area contributed by atoms with E-state index in [2.05, 4.69) is 29.4 Å². The number of hydrogen-bond acceptors (Lipinski definition) is 5. The Labute approximate surface area is 175 Å². The lowest BCUT2D eigenvalue weighted by atomic mass is 10.0. The van der Waals surface area contributed by atoms with E-state index in [-0.39, 0.29) is 0 Å². The molecule has 0 aliphatic carbocycles. The van der Waals surface area contributed by atoms with Crippen LogP contribution in [0.4, 0.5) is 0 Å². The Hall–Kier alpha value is -2.15. The Morgan fingerprint density at radius 2 is 1.83 bits per heavy atom. The van der Waals surface area contributed by atoms with Crippen LogP contribution in [0.15, 0.2) is 17.1 Å². The Morgan fingerprint density at radius 1 is 1.10 bits per heavy atom. The monoisotopic (exact) mass is 406 g/mol. The summed E-state index contributed by atoms with van der Waals surface area (Å²) in [6, 6.07) is 4.42. The number of benzene rings is 1. The zero-order valence-corrected chi connectivity index (χ0v) is 18.7. The van der Waals surface area contributed by atoms with Crippen LogP contribution in [0.5, 0.6) is 17.2 Å². The second-order valence-electron chi connectivity index (χ2n) is 7.37. The first-order valence-corrected chi connectivity index (χ1v) is 10.7. The van der Waals surface area contributed by atoms with Gasteiger partial charge in [0, 0.05) is 37.8 Å². The molecule has 0 aromatic heterocycles. The van der Waals surface area contributed by atoms with Crippen LogP contribution < -0.4 is 24.8 Å². The van der Waals surface area contributed by atoms with Crippen LogP contribution in [0.2, 0.25) is 0 Å². The number of hydrogen-bond donors (Lipinski definition) is 2. The van der Waals surface area contributed by atoms with E-state index in [9.17, 15) is 0 Å². The highest BCUT2D eigenvalue weighted by atomic mass is 16.5. The smallest absolute Gasteiger partial charge is 0.191 e. The summed E-state index contributed by atoms with van der Waals surface area (Å²) in [5, 5.41) is 6.77. The lowest BCUT2D eigenvalue weighted by molar-refractivity contribution is 0.159. The van der Waals surface area contributed by atoms with E-state index >= 15 is 0 Å². The molecule has 1 heterocycles. The molecule has 1 saturated heterocycles. The van der Waals surface area contributed by atoms with Gasteiger partial charge in [0.05, 0.1) is 33.4 Å². The summed E-state index contributed by atoms with van der Waals surface area (Å²) in [5.41, 5.74) is 0.898. The van der Waals surface area contributed by atoms with Gasteiger partial charge in [0.1, 0.15) is 17.2 Å². The summed E-state index contributed by atoms with van der Waals surface area (Å²) < 4.78 is 16.4. The van der Waals surface area contributed by atoms with Gasteiger partial charge in [0.2, 0.25) is 0 Å². The summed E-state index contributed by atoms with van der Waals surface area (Å²) in [6.45, 7) is 8.93. The Kier molecular flexibility index (Phi) is 9.91. The van der Waals surface area contributed by atoms with E-state index in [1.807, 2.05) is 12.1 Å². The highest BCUT2D eigenvalue weighted by Gasteiger charge is 2.17. The quantitative estimate of drug-likeness (QED) is 0.354. The molecule has 1 atom stereocenters. The summed E-state index contributed by atoms with van der Waals surface area (Å²) >= 11 is 0. The van der Waals surface area contributed by atoms with Gasteiger partial charge in [-0.25, -0.2) is 4.99 Å². The van der Waals surface area contributed by atoms with Crippen molar-refractivity contribution in [2.75, 3.05) is 47.5 Å². The van der Waals surface area contributed by atoms with Crippen LogP contribution in [0.3, 0.4) is 0 Å². The van der Waals surface area contributed by atoms with Crippen molar-refractivity contribution in [3.05, 3.63) is 17.7 Å². The standard InChI is InChI=1S/C22H38N4O3/c1-6-23-22(24-11-9-13-26-12-8-7-10-17(26)2)25-16-19-20(28-4)14-18(27-3)15-21(19)29-5/h14-15,17H,6-13,16H2,1-5H3,(H2,23,24,25). The van der Waals surface area contributed by atoms with Gasteiger partial charge in [-0.2, -0.15) is 0 Å². The number of guanidine groups is 1. The molecule has 2 N–H and O–H groups in total. The van der Waals surface area contributed by atoms with Crippen LogP contribution in [0.1, 0.15) is 45.1 Å². The fraction of sp³-hybridized carbons (Fsp3) is 0.682. The SMILES string of the molecule is CCNC(=NCc1c(OC)cc(OC)cc1OC)NCCCN1CCCCC1C. The Bertz CT molecular complexity index is 626. The minimum Gasteiger partial charge on any atom is -0.496 e. The Balaban J connectivity index is 1.96. The Morgan fingerprint density at radius 3 is 2.41 bits per heavy atom. The lowest BCUT2D eigenvalue weighted by Crippen LogP contribution is -2.41. The summed E-state index contributed by atoms with van der Waals surface area (Å²) in [4.78, 5) is 7.34. The number of nitrogens with zero attached hydrogens (tertiary/aromatic N) is 2. The van der Waals surface area contributed by atoms with Crippen molar-refractivity contribution >= 4 is 5.96 Å². The van der Waals surface area contributed by atoms with Crippen LogP contribution >= 0.6 is 0 Å². The predicted octanol–water partition coefficient (Wildman–Crippen LogP) is 3.03. The molecule has 1 aliphatic rings. The molecule has 1 aromatic rings. The minimum atomic E-state index is 0.453. The topological polar surface area (TPSA) is 67.4 Å². The normalized spacial score (nSPS) is 17.7. The molecular weight excluding hydrogens is 368 g/mol. The number of aliphatic imine (C=N–C) groups is 1. The minimum absolute atomic E-state index is 0.453. The zero-order chi connectivity index (χ0) is 21.1. The van der Waals surface area contributed by atoms with E-state index in [1.165, 1.54) is 25.8 Å². The van der Waals surface area contributed by atoms with Crippen LogP contribution in [-0.4, -0.2) is 64.4 Å². The molecule has 1 unspecified atom stereocenters. The van der Waals surface area contributed by atoms with Gasteiger partial charge in [-0.3, -0.25) is 0 Å². The molecule has 7 heteroatoms. The van der Waals surface area contributed by atoms with E-state index < -0.39 is 0 Å². The molecule has 7 nitrogen and oxygen atoms in total. The van der Waals surface area contributed by atoms with Crippen LogP contribution in [0, 0.1) is 0 Å². The first kappa shape index (κ1) is 23.1. The highest BCUT2D eigenvalue weighted by molar-refractivity contribution is 5.79. The van der Waals surface area contributed by atoms with Crippen molar-refractivity contribution < 1.29 is 14.2 Å². The van der Waals surface area contributed by atoms with Crippen molar-refractivity contribution in [3.63, 3.8) is 0 Å². The van der Waals surface area contributed by atoms with Crippen LogP contribution in [0.25, 0.3) is 0 Å². The molecule has 0 saturated carbocycles. The third-order valence-electron chi connectivity index (χ3n) is 5.41. The van der Waals surface area contributed by atoms with Crippen molar-refractivity contribution in [1.29, 1.82) is 0 Å². The summed E-state index contributed by atoms with van der Waals surface area (Å²) in [7, 11) is 4.92. The van der Waals surface area contributed by atoms with E-state index in [1.54, 1.807) is 21.3 Å². The van der Waals surface area contributed by atoms with Crippen LogP contribution in [-0.2, 0) is 6.54 Å². The number of ether oxygens (including phenoxy) is 3. The maximum atomic E-state index is 5.52. The van der Waals surface area contributed by atoms with Crippen molar-refractivity contribution in [1.82, 2.24) is 15.5 Å². The lowest BCUT2D eigenvalue weighted by Gasteiger charge is -2.33. The third-order valence-corrected chi connectivity index (χ3v) is 5.41. The number of likely N-dealkylation sites (tertiary alicyclic amines) is 1. The number of nitrogens with one attached hydrogen (secondary N) is 2. The first-order valence-electron chi connectivity index (χ1n) is 10.7.